The predicted octanol–water partition coefficient (Wildman–Crippen LogP) is 2.78. The van der Waals surface area contributed by atoms with Crippen LogP contribution in [0.15, 0.2) is 5.38 Å². The van der Waals surface area contributed by atoms with Gasteiger partial charge in [0.15, 0.2) is 5.78 Å². The quantitative estimate of drug-likeness (QED) is 0.781. The lowest BCUT2D eigenvalue weighted by atomic mass is 10.1. The van der Waals surface area contributed by atoms with Crippen LogP contribution in [0.5, 0.6) is 0 Å². The molecular formula is C17H24N4O2S. The standard InChI is InChI=1S/C17H24N4O2S/c1-10-9-24-16(19-10)6-7-18-15(23)8-11(2)21-13(4)17(14(5)22)12(3)20-21/h9,11H,6-8H2,1-5H3,(H,18,23). The monoisotopic (exact) mass is 348 g/mol. The number of ketones is 1. The van der Waals surface area contributed by atoms with Crippen molar-refractivity contribution in [2.24, 2.45) is 0 Å². The highest BCUT2D eigenvalue weighted by Gasteiger charge is 2.20. The Hall–Kier alpha value is -2.02. The summed E-state index contributed by atoms with van der Waals surface area (Å²) in [4.78, 5) is 28.2. The van der Waals surface area contributed by atoms with Crippen LogP contribution in [-0.4, -0.2) is 33.0 Å². The SMILES string of the molecule is CC(=O)c1c(C)nn(C(C)CC(=O)NCCc2nc(C)cs2)c1C. The summed E-state index contributed by atoms with van der Waals surface area (Å²) in [6.45, 7) is 9.71. The third kappa shape index (κ3) is 4.29. The Morgan fingerprint density at radius 2 is 2.04 bits per heavy atom. The maximum absolute atomic E-state index is 12.1. The van der Waals surface area contributed by atoms with Gasteiger partial charge in [-0.2, -0.15) is 5.10 Å². The summed E-state index contributed by atoms with van der Waals surface area (Å²) in [6.07, 6.45) is 1.07. The van der Waals surface area contributed by atoms with Crippen LogP contribution < -0.4 is 5.32 Å². The molecule has 2 rings (SSSR count). The van der Waals surface area contributed by atoms with Gasteiger partial charge < -0.3 is 5.32 Å². The second kappa shape index (κ2) is 7.70. The largest absolute Gasteiger partial charge is 0.356 e. The van der Waals surface area contributed by atoms with Crippen LogP contribution in [0.2, 0.25) is 0 Å². The second-order valence-corrected chi connectivity index (χ2v) is 7.02. The summed E-state index contributed by atoms with van der Waals surface area (Å²) >= 11 is 1.61. The molecule has 1 N–H and O–H groups in total. The number of Topliss-reactive ketones (excluding diaryl/α,β-unsaturated/α-hetero) is 1. The van der Waals surface area contributed by atoms with Gasteiger partial charge in [-0.15, -0.1) is 11.3 Å². The number of carbonyl (C=O) groups excluding carboxylic acids is 2. The smallest absolute Gasteiger partial charge is 0.222 e. The summed E-state index contributed by atoms with van der Waals surface area (Å²) in [7, 11) is 0. The Bertz CT molecular complexity index is 748. The normalized spacial score (nSPS) is 12.2. The van der Waals surface area contributed by atoms with E-state index in [4.69, 9.17) is 0 Å². The number of hydrogen-bond donors (Lipinski definition) is 1. The van der Waals surface area contributed by atoms with Crippen molar-refractivity contribution in [3.8, 4) is 0 Å². The molecule has 0 aliphatic carbocycles. The van der Waals surface area contributed by atoms with Crippen molar-refractivity contribution in [2.45, 2.75) is 53.5 Å². The molecule has 0 spiro atoms. The molecule has 0 saturated heterocycles. The molecule has 0 fully saturated rings. The summed E-state index contributed by atoms with van der Waals surface area (Å²) < 4.78 is 1.77. The summed E-state index contributed by atoms with van der Waals surface area (Å²) in [6, 6.07) is -0.0982. The Morgan fingerprint density at radius 3 is 2.58 bits per heavy atom. The maximum Gasteiger partial charge on any atom is 0.222 e. The lowest BCUT2D eigenvalue weighted by molar-refractivity contribution is -0.121. The first-order chi connectivity index (χ1) is 11.3. The van der Waals surface area contributed by atoms with E-state index in [1.54, 1.807) is 22.9 Å². The molecule has 0 bridgehead atoms. The highest BCUT2D eigenvalue weighted by molar-refractivity contribution is 7.09. The first-order valence-electron chi connectivity index (χ1n) is 8.04. The number of hydrogen-bond acceptors (Lipinski definition) is 5. The summed E-state index contributed by atoms with van der Waals surface area (Å²) in [5.74, 6) is -0.0145. The van der Waals surface area contributed by atoms with E-state index in [1.165, 1.54) is 0 Å². The Balaban J connectivity index is 1.89. The van der Waals surface area contributed by atoms with E-state index in [0.29, 0.717) is 24.2 Å². The van der Waals surface area contributed by atoms with Gasteiger partial charge in [-0.1, -0.05) is 0 Å². The van der Waals surface area contributed by atoms with Gasteiger partial charge >= 0.3 is 0 Å². The number of rotatable bonds is 7. The maximum atomic E-state index is 12.1. The Labute approximate surface area is 146 Å². The van der Waals surface area contributed by atoms with Gasteiger partial charge in [0.1, 0.15) is 0 Å². The fraction of sp³-hybridized carbons (Fsp3) is 0.529. The molecule has 0 aromatic carbocycles. The average Bonchev–Trinajstić information content (AvgIpc) is 3.02. The highest BCUT2D eigenvalue weighted by Crippen LogP contribution is 2.19. The number of nitrogens with one attached hydrogen (secondary N) is 1. The predicted molar refractivity (Wildman–Crippen MR) is 94.6 cm³/mol. The molecule has 2 aromatic rings. The number of aryl methyl sites for hydroxylation is 2. The van der Waals surface area contributed by atoms with Gasteiger partial charge in [-0.3, -0.25) is 14.3 Å². The molecule has 2 heterocycles. The molecule has 0 aliphatic rings. The number of nitrogens with zero attached hydrogens (tertiary/aromatic N) is 3. The molecule has 130 valence electrons. The van der Waals surface area contributed by atoms with E-state index in [2.05, 4.69) is 15.4 Å². The topological polar surface area (TPSA) is 76.9 Å². The van der Waals surface area contributed by atoms with Crippen LogP contribution in [0, 0.1) is 20.8 Å². The molecule has 24 heavy (non-hydrogen) atoms. The number of carbonyl (C=O) groups is 2. The van der Waals surface area contributed by atoms with Gasteiger partial charge in [0.25, 0.3) is 0 Å². The van der Waals surface area contributed by atoms with Crippen LogP contribution in [-0.2, 0) is 11.2 Å². The minimum absolute atomic E-state index is 0.00615. The van der Waals surface area contributed by atoms with E-state index >= 15 is 0 Å². The van der Waals surface area contributed by atoms with Gasteiger partial charge in [-0.05, 0) is 34.6 Å². The van der Waals surface area contributed by atoms with Crippen LogP contribution in [0.4, 0.5) is 0 Å². The van der Waals surface area contributed by atoms with E-state index < -0.39 is 0 Å². The van der Waals surface area contributed by atoms with Crippen molar-refractivity contribution in [1.29, 1.82) is 0 Å². The fourth-order valence-electron chi connectivity index (χ4n) is 2.85. The third-order valence-corrected chi connectivity index (χ3v) is 4.93. The summed E-state index contributed by atoms with van der Waals surface area (Å²) in [5.41, 5.74) is 3.20. The zero-order valence-corrected chi connectivity index (χ0v) is 15.7. The first kappa shape index (κ1) is 18.3. The summed E-state index contributed by atoms with van der Waals surface area (Å²) in [5, 5.41) is 10.4. The van der Waals surface area contributed by atoms with Crippen molar-refractivity contribution in [3.63, 3.8) is 0 Å². The van der Waals surface area contributed by atoms with Crippen molar-refractivity contribution in [2.75, 3.05) is 6.54 Å². The molecule has 7 heteroatoms. The highest BCUT2D eigenvalue weighted by atomic mass is 32.1. The molecule has 1 unspecified atom stereocenters. The number of aromatic nitrogens is 3. The van der Waals surface area contributed by atoms with E-state index in [9.17, 15) is 9.59 Å². The average molecular weight is 348 g/mol. The van der Waals surface area contributed by atoms with Crippen molar-refractivity contribution in [3.05, 3.63) is 33.0 Å². The Kier molecular flexibility index (Phi) is 5.88. The van der Waals surface area contributed by atoms with Crippen molar-refractivity contribution in [1.82, 2.24) is 20.1 Å². The molecule has 0 aliphatic heterocycles. The first-order valence-corrected chi connectivity index (χ1v) is 8.92. The molecular weight excluding hydrogens is 324 g/mol. The lowest BCUT2D eigenvalue weighted by Crippen LogP contribution is -2.28. The molecule has 0 saturated carbocycles. The van der Waals surface area contributed by atoms with Crippen molar-refractivity contribution < 1.29 is 9.59 Å². The second-order valence-electron chi connectivity index (χ2n) is 6.08. The van der Waals surface area contributed by atoms with Gasteiger partial charge in [0, 0.05) is 36.2 Å². The van der Waals surface area contributed by atoms with Crippen LogP contribution in [0.25, 0.3) is 0 Å². The van der Waals surface area contributed by atoms with Crippen LogP contribution >= 0.6 is 11.3 Å². The molecule has 2 aromatic heterocycles. The van der Waals surface area contributed by atoms with E-state index in [0.717, 1.165) is 22.8 Å². The Morgan fingerprint density at radius 1 is 1.33 bits per heavy atom. The molecule has 6 nitrogen and oxygen atoms in total. The molecule has 0 radical (unpaired) electrons. The lowest BCUT2D eigenvalue weighted by Gasteiger charge is -2.14. The third-order valence-electron chi connectivity index (χ3n) is 3.90. The van der Waals surface area contributed by atoms with E-state index in [-0.39, 0.29) is 17.7 Å². The minimum atomic E-state index is -0.0982. The zero-order valence-electron chi connectivity index (χ0n) is 14.8. The number of amides is 1. The van der Waals surface area contributed by atoms with Crippen LogP contribution in [0.3, 0.4) is 0 Å². The van der Waals surface area contributed by atoms with Crippen molar-refractivity contribution >= 4 is 23.0 Å². The fourth-order valence-corrected chi connectivity index (χ4v) is 3.63. The molecule has 1 atom stereocenters. The van der Waals surface area contributed by atoms with E-state index in [1.807, 2.05) is 33.1 Å². The zero-order chi connectivity index (χ0) is 17.9. The van der Waals surface area contributed by atoms with Gasteiger partial charge in [-0.25, -0.2) is 4.98 Å². The number of thiazole rings is 1. The molecule has 1 amide bonds. The van der Waals surface area contributed by atoms with Crippen LogP contribution in [0.1, 0.15) is 58.8 Å². The van der Waals surface area contributed by atoms with Gasteiger partial charge in [0.2, 0.25) is 5.91 Å². The minimum Gasteiger partial charge on any atom is -0.356 e. The van der Waals surface area contributed by atoms with Gasteiger partial charge in [0.05, 0.1) is 22.3 Å².